The number of benzene rings is 1. The zero-order valence-electron chi connectivity index (χ0n) is 10.0. The van der Waals surface area contributed by atoms with Crippen molar-refractivity contribution in [2.45, 2.75) is 13.3 Å². The Balaban J connectivity index is 2.49. The zero-order chi connectivity index (χ0) is 12.7. The number of aliphatic hydroxyl groups excluding tert-OH is 1. The van der Waals surface area contributed by atoms with Gasteiger partial charge in [-0.25, -0.2) is 0 Å². The number of nitrogens with zero attached hydrogens (tertiary/aromatic N) is 1. The quantitative estimate of drug-likeness (QED) is 0.786. The minimum absolute atomic E-state index is 0.138. The zero-order valence-corrected chi connectivity index (χ0v) is 11.6. The van der Waals surface area contributed by atoms with Crippen LogP contribution in [0.15, 0.2) is 28.7 Å². The van der Waals surface area contributed by atoms with Gasteiger partial charge in [0.2, 0.25) is 0 Å². The topological polar surface area (TPSA) is 40.5 Å². The van der Waals surface area contributed by atoms with Crippen LogP contribution in [0.25, 0.3) is 0 Å². The van der Waals surface area contributed by atoms with Crippen molar-refractivity contribution in [3.8, 4) is 0 Å². The number of hydrogen-bond donors (Lipinski definition) is 1. The van der Waals surface area contributed by atoms with Crippen molar-refractivity contribution in [3.05, 3.63) is 34.3 Å². The fourth-order valence-electron chi connectivity index (χ4n) is 1.64. The normalized spacial score (nSPS) is 10.8. The maximum Gasteiger partial charge on any atom is 0.164 e. The lowest BCUT2D eigenvalue weighted by molar-refractivity contribution is 0.0959. The summed E-state index contributed by atoms with van der Waals surface area (Å²) in [7, 11) is 0. The largest absolute Gasteiger partial charge is 0.395 e. The van der Waals surface area contributed by atoms with Gasteiger partial charge < -0.3 is 10.0 Å². The van der Waals surface area contributed by atoms with Gasteiger partial charge in [-0.05, 0) is 18.7 Å². The van der Waals surface area contributed by atoms with Crippen LogP contribution in [-0.4, -0.2) is 42.0 Å². The van der Waals surface area contributed by atoms with Gasteiger partial charge in [-0.15, -0.1) is 0 Å². The smallest absolute Gasteiger partial charge is 0.164 e. The molecule has 0 saturated carbocycles. The minimum Gasteiger partial charge on any atom is -0.395 e. The first-order chi connectivity index (χ1) is 8.17. The van der Waals surface area contributed by atoms with Crippen LogP contribution in [0.2, 0.25) is 0 Å². The fourth-order valence-corrected chi connectivity index (χ4v) is 2.03. The fraction of sp³-hybridized carbons (Fsp3) is 0.462. The van der Waals surface area contributed by atoms with Gasteiger partial charge in [0.25, 0.3) is 0 Å². The molecule has 0 bridgehead atoms. The molecule has 0 aliphatic heterocycles. The van der Waals surface area contributed by atoms with Crippen LogP contribution in [0.3, 0.4) is 0 Å². The van der Waals surface area contributed by atoms with E-state index in [1.54, 1.807) is 0 Å². The number of Topliss-reactive ketones (excluding diaryl/α,β-unsaturated/α-hetero) is 1. The van der Waals surface area contributed by atoms with Crippen LogP contribution in [0.1, 0.15) is 23.7 Å². The minimum atomic E-state index is 0.138. The third-order valence-corrected chi connectivity index (χ3v) is 3.16. The van der Waals surface area contributed by atoms with E-state index in [2.05, 4.69) is 20.8 Å². The molecule has 1 N–H and O–H groups in total. The third kappa shape index (κ3) is 4.98. The van der Waals surface area contributed by atoms with Gasteiger partial charge in [0, 0.05) is 29.5 Å². The Kier molecular flexibility index (Phi) is 6.40. The standard InChI is InChI=1S/C13H18BrNO2/c1-2-15(8-9-16)7-6-13(17)11-4-3-5-12(14)10-11/h3-5,10,16H,2,6-9H2,1H3. The van der Waals surface area contributed by atoms with E-state index in [1.807, 2.05) is 31.2 Å². The van der Waals surface area contributed by atoms with Crippen molar-refractivity contribution >= 4 is 21.7 Å². The summed E-state index contributed by atoms with van der Waals surface area (Å²) in [4.78, 5) is 14.0. The average molecular weight is 300 g/mol. The van der Waals surface area contributed by atoms with Crippen molar-refractivity contribution in [1.82, 2.24) is 4.90 Å². The van der Waals surface area contributed by atoms with Crippen molar-refractivity contribution in [2.24, 2.45) is 0 Å². The first-order valence-electron chi connectivity index (χ1n) is 5.79. The van der Waals surface area contributed by atoms with E-state index in [0.29, 0.717) is 19.5 Å². The summed E-state index contributed by atoms with van der Waals surface area (Å²) in [5.74, 6) is 0.141. The second kappa shape index (κ2) is 7.58. The molecule has 1 aromatic carbocycles. The molecular weight excluding hydrogens is 282 g/mol. The molecule has 0 aliphatic carbocycles. The number of likely N-dealkylation sites (N-methyl/N-ethyl adjacent to an activating group) is 1. The SMILES string of the molecule is CCN(CCO)CCC(=O)c1cccc(Br)c1. The highest BCUT2D eigenvalue weighted by Gasteiger charge is 2.08. The molecule has 0 aromatic heterocycles. The Labute approximate surface area is 111 Å². The van der Waals surface area contributed by atoms with Crippen molar-refractivity contribution in [2.75, 3.05) is 26.2 Å². The van der Waals surface area contributed by atoms with Crippen molar-refractivity contribution in [1.29, 1.82) is 0 Å². The van der Waals surface area contributed by atoms with Gasteiger partial charge in [0.15, 0.2) is 5.78 Å². The summed E-state index contributed by atoms with van der Waals surface area (Å²) >= 11 is 3.35. The van der Waals surface area contributed by atoms with E-state index >= 15 is 0 Å². The highest BCUT2D eigenvalue weighted by molar-refractivity contribution is 9.10. The highest BCUT2D eigenvalue weighted by Crippen LogP contribution is 2.13. The van der Waals surface area contributed by atoms with E-state index < -0.39 is 0 Å². The van der Waals surface area contributed by atoms with E-state index in [4.69, 9.17) is 5.11 Å². The molecule has 0 radical (unpaired) electrons. The van der Waals surface area contributed by atoms with E-state index in [9.17, 15) is 4.79 Å². The Hall–Kier alpha value is -0.710. The molecule has 0 aliphatic rings. The number of ketones is 1. The molecule has 0 saturated heterocycles. The summed E-state index contributed by atoms with van der Waals surface area (Å²) in [5.41, 5.74) is 0.736. The van der Waals surface area contributed by atoms with Crippen LogP contribution in [0, 0.1) is 0 Å². The summed E-state index contributed by atoms with van der Waals surface area (Å²) in [6.07, 6.45) is 0.490. The molecule has 4 heteroatoms. The maximum atomic E-state index is 11.9. The Morgan fingerprint density at radius 3 is 2.76 bits per heavy atom. The molecule has 0 amide bonds. The van der Waals surface area contributed by atoms with Gasteiger partial charge in [-0.1, -0.05) is 35.0 Å². The van der Waals surface area contributed by atoms with Gasteiger partial charge in [-0.2, -0.15) is 0 Å². The Bertz CT molecular complexity index is 368. The average Bonchev–Trinajstić information content (AvgIpc) is 2.34. The lowest BCUT2D eigenvalue weighted by Crippen LogP contribution is -2.29. The molecule has 0 unspecified atom stereocenters. The van der Waals surface area contributed by atoms with Gasteiger partial charge in [0.05, 0.1) is 6.61 Å². The van der Waals surface area contributed by atoms with Gasteiger partial charge >= 0.3 is 0 Å². The molecule has 94 valence electrons. The lowest BCUT2D eigenvalue weighted by atomic mass is 10.1. The Morgan fingerprint density at radius 1 is 1.41 bits per heavy atom. The molecule has 1 rings (SSSR count). The van der Waals surface area contributed by atoms with Crippen LogP contribution in [0.5, 0.6) is 0 Å². The third-order valence-electron chi connectivity index (χ3n) is 2.67. The summed E-state index contributed by atoms with van der Waals surface area (Å²) < 4.78 is 0.922. The van der Waals surface area contributed by atoms with Crippen LogP contribution < -0.4 is 0 Å². The predicted octanol–water partition coefficient (Wildman–Crippen LogP) is 2.34. The molecule has 0 fully saturated rings. The van der Waals surface area contributed by atoms with Crippen LogP contribution in [0.4, 0.5) is 0 Å². The van der Waals surface area contributed by atoms with E-state index in [1.165, 1.54) is 0 Å². The molecule has 17 heavy (non-hydrogen) atoms. The van der Waals surface area contributed by atoms with Crippen molar-refractivity contribution < 1.29 is 9.90 Å². The molecule has 0 atom stereocenters. The lowest BCUT2D eigenvalue weighted by Gasteiger charge is -2.18. The summed E-state index contributed by atoms with van der Waals surface area (Å²) in [6.45, 7) is 4.34. The first-order valence-corrected chi connectivity index (χ1v) is 6.58. The predicted molar refractivity (Wildman–Crippen MR) is 72.3 cm³/mol. The summed E-state index contributed by atoms with van der Waals surface area (Å²) in [6, 6.07) is 7.43. The number of aliphatic hydroxyl groups is 1. The van der Waals surface area contributed by atoms with Crippen molar-refractivity contribution in [3.63, 3.8) is 0 Å². The number of carbonyl (C=O) groups is 1. The second-order valence-electron chi connectivity index (χ2n) is 3.84. The summed E-state index contributed by atoms with van der Waals surface area (Å²) in [5, 5.41) is 8.85. The molecule has 3 nitrogen and oxygen atoms in total. The number of rotatable bonds is 7. The maximum absolute atomic E-state index is 11.9. The number of halogens is 1. The number of carbonyl (C=O) groups excluding carboxylic acids is 1. The van der Waals surface area contributed by atoms with Gasteiger partial charge in [0.1, 0.15) is 0 Å². The van der Waals surface area contributed by atoms with E-state index in [-0.39, 0.29) is 12.4 Å². The Morgan fingerprint density at radius 2 is 2.18 bits per heavy atom. The molecule has 0 spiro atoms. The second-order valence-corrected chi connectivity index (χ2v) is 4.76. The molecule has 0 heterocycles. The highest BCUT2D eigenvalue weighted by atomic mass is 79.9. The first kappa shape index (κ1) is 14.4. The molecule has 1 aromatic rings. The monoisotopic (exact) mass is 299 g/mol. The number of hydrogen-bond acceptors (Lipinski definition) is 3. The molecular formula is C13H18BrNO2. The van der Waals surface area contributed by atoms with Crippen LogP contribution in [-0.2, 0) is 0 Å². The van der Waals surface area contributed by atoms with E-state index in [0.717, 1.165) is 16.6 Å². The van der Waals surface area contributed by atoms with Crippen LogP contribution >= 0.6 is 15.9 Å². The van der Waals surface area contributed by atoms with Gasteiger partial charge in [-0.3, -0.25) is 4.79 Å².